The average molecular weight is 233 g/mol. The number of benzene rings is 1. The van der Waals surface area contributed by atoms with Gasteiger partial charge in [-0.2, -0.15) is 0 Å². The molecule has 0 amide bonds. The molecule has 0 aromatic heterocycles. The second kappa shape index (κ2) is 2.80. The zero-order valence-corrected chi connectivity index (χ0v) is 7.81. The van der Waals surface area contributed by atoms with E-state index >= 15 is 0 Å². The van der Waals surface area contributed by atoms with Gasteiger partial charge in [0.05, 0.1) is 0 Å². The first-order valence-electron chi connectivity index (χ1n) is 3.78. The molecule has 12 heavy (non-hydrogen) atoms. The normalized spacial score (nSPS) is 27.2. The van der Waals surface area contributed by atoms with Crippen molar-refractivity contribution in [3.05, 3.63) is 35.4 Å². The molecule has 1 aromatic rings. The summed E-state index contributed by atoms with van der Waals surface area (Å²) in [6, 6.07) is 3.99. The summed E-state index contributed by atoms with van der Waals surface area (Å²) in [6.45, 7) is 0. The first kappa shape index (κ1) is 8.17. The third kappa shape index (κ3) is 1.26. The van der Waals surface area contributed by atoms with Crippen LogP contribution in [0.1, 0.15) is 17.9 Å². The molecule has 0 saturated heterocycles. The Hall–Kier alpha value is -0.440. The van der Waals surface area contributed by atoms with E-state index in [1.54, 1.807) is 0 Å². The molecule has 0 nitrogen and oxygen atoms in total. The van der Waals surface area contributed by atoms with Crippen LogP contribution in [-0.4, -0.2) is 4.83 Å². The van der Waals surface area contributed by atoms with Gasteiger partial charge in [-0.1, -0.05) is 22.0 Å². The van der Waals surface area contributed by atoms with Crippen molar-refractivity contribution in [1.29, 1.82) is 0 Å². The third-order valence-electron chi connectivity index (χ3n) is 2.08. The Kier molecular flexibility index (Phi) is 1.91. The van der Waals surface area contributed by atoms with Crippen LogP contribution < -0.4 is 0 Å². The second-order valence-electron chi connectivity index (χ2n) is 2.99. The maximum Gasteiger partial charge on any atom is 0.129 e. The van der Waals surface area contributed by atoms with Gasteiger partial charge in [0, 0.05) is 16.3 Å². The van der Waals surface area contributed by atoms with Crippen LogP contribution in [0, 0.1) is 11.6 Å². The van der Waals surface area contributed by atoms with Gasteiger partial charge in [0.25, 0.3) is 0 Å². The van der Waals surface area contributed by atoms with Crippen LogP contribution in [0.5, 0.6) is 0 Å². The Morgan fingerprint density at radius 1 is 1.25 bits per heavy atom. The zero-order chi connectivity index (χ0) is 8.72. The monoisotopic (exact) mass is 232 g/mol. The van der Waals surface area contributed by atoms with Gasteiger partial charge in [-0.25, -0.2) is 8.78 Å². The van der Waals surface area contributed by atoms with E-state index in [0.29, 0.717) is 0 Å². The minimum absolute atomic E-state index is 0.0335. The largest absolute Gasteiger partial charge is 0.207 e. The van der Waals surface area contributed by atoms with E-state index in [1.807, 2.05) is 0 Å². The first-order valence-corrected chi connectivity index (χ1v) is 4.69. The lowest BCUT2D eigenvalue weighted by atomic mass is 10.1. The van der Waals surface area contributed by atoms with Gasteiger partial charge in [-0.3, -0.25) is 0 Å². The fourth-order valence-electron chi connectivity index (χ4n) is 1.33. The molecule has 0 aliphatic heterocycles. The Morgan fingerprint density at radius 2 is 1.75 bits per heavy atom. The van der Waals surface area contributed by atoms with Crippen molar-refractivity contribution in [1.82, 2.24) is 0 Å². The molecule has 0 heterocycles. The first-order chi connectivity index (χ1) is 5.70. The smallest absolute Gasteiger partial charge is 0.129 e. The third-order valence-corrected chi connectivity index (χ3v) is 3.10. The molecule has 0 N–H and O–H groups in total. The summed E-state index contributed by atoms with van der Waals surface area (Å²) in [5.74, 6) is -0.824. The van der Waals surface area contributed by atoms with Crippen molar-refractivity contribution in [2.45, 2.75) is 17.2 Å². The molecule has 1 aromatic carbocycles. The average Bonchev–Trinajstić information content (AvgIpc) is 2.67. The molecule has 1 aliphatic rings. The van der Waals surface area contributed by atoms with Crippen LogP contribution >= 0.6 is 15.9 Å². The SMILES string of the molecule is Fc1cccc(F)c1C1CC1Br. The van der Waals surface area contributed by atoms with E-state index in [0.717, 1.165) is 6.42 Å². The van der Waals surface area contributed by atoms with Gasteiger partial charge in [-0.15, -0.1) is 0 Å². The van der Waals surface area contributed by atoms with Crippen LogP contribution in [0.2, 0.25) is 0 Å². The van der Waals surface area contributed by atoms with Crippen molar-refractivity contribution < 1.29 is 8.78 Å². The molecule has 2 atom stereocenters. The molecule has 1 fully saturated rings. The van der Waals surface area contributed by atoms with Crippen molar-refractivity contribution in [2.75, 3.05) is 0 Å². The van der Waals surface area contributed by atoms with Crippen LogP contribution in [0.15, 0.2) is 18.2 Å². The van der Waals surface area contributed by atoms with E-state index in [-0.39, 0.29) is 16.3 Å². The number of alkyl halides is 1. The summed E-state index contributed by atoms with van der Waals surface area (Å²) < 4.78 is 26.1. The summed E-state index contributed by atoms with van der Waals surface area (Å²) in [6.07, 6.45) is 0.831. The minimum atomic E-state index is -0.429. The molecular formula is C9H7BrF2. The molecule has 3 heteroatoms. The summed E-state index contributed by atoms with van der Waals surface area (Å²) in [7, 11) is 0. The summed E-state index contributed by atoms with van der Waals surface area (Å²) in [4.78, 5) is 0.254. The highest BCUT2D eigenvalue weighted by Gasteiger charge is 2.39. The molecule has 2 rings (SSSR count). The predicted molar refractivity (Wildman–Crippen MR) is 46.4 cm³/mol. The van der Waals surface area contributed by atoms with Gasteiger partial charge < -0.3 is 0 Å². The number of hydrogen-bond donors (Lipinski definition) is 0. The van der Waals surface area contributed by atoms with Crippen molar-refractivity contribution in [3.63, 3.8) is 0 Å². The van der Waals surface area contributed by atoms with Crippen LogP contribution in [0.25, 0.3) is 0 Å². The van der Waals surface area contributed by atoms with Crippen molar-refractivity contribution in [2.24, 2.45) is 0 Å². The van der Waals surface area contributed by atoms with E-state index in [1.165, 1.54) is 18.2 Å². The van der Waals surface area contributed by atoms with Gasteiger partial charge in [0.15, 0.2) is 0 Å². The summed E-state index contributed by atoms with van der Waals surface area (Å²) in [5.41, 5.74) is 0.236. The molecule has 64 valence electrons. The second-order valence-corrected chi connectivity index (χ2v) is 4.17. The highest BCUT2D eigenvalue weighted by Crippen LogP contribution is 2.47. The van der Waals surface area contributed by atoms with Crippen molar-refractivity contribution in [3.8, 4) is 0 Å². The van der Waals surface area contributed by atoms with Gasteiger partial charge in [-0.05, 0) is 18.6 Å². The zero-order valence-electron chi connectivity index (χ0n) is 6.23. The van der Waals surface area contributed by atoms with E-state index in [2.05, 4.69) is 15.9 Å². The van der Waals surface area contributed by atoms with Gasteiger partial charge in [0.2, 0.25) is 0 Å². The van der Waals surface area contributed by atoms with Crippen molar-refractivity contribution >= 4 is 15.9 Å². The Bertz CT molecular complexity index is 291. The van der Waals surface area contributed by atoms with E-state index < -0.39 is 11.6 Å². The maximum absolute atomic E-state index is 13.1. The van der Waals surface area contributed by atoms with Crippen LogP contribution in [0.3, 0.4) is 0 Å². The van der Waals surface area contributed by atoms with E-state index in [4.69, 9.17) is 0 Å². The van der Waals surface area contributed by atoms with Crippen LogP contribution in [-0.2, 0) is 0 Å². The molecular weight excluding hydrogens is 226 g/mol. The minimum Gasteiger partial charge on any atom is -0.207 e. The highest BCUT2D eigenvalue weighted by molar-refractivity contribution is 9.09. The Balaban J connectivity index is 2.41. The van der Waals surface area contributed by atoms with Gasteiger partial charge >= 0.3 is 0 Å². The summed E-state index contributed by atoms with van der Waals surface area (Å²) in [5, 5.41) is 0. The number of hydrogen-bond acceptors (Lipinski definition) is 0. The highest BCUT2D eigenvalue weighted by atomic mass is 79.9. The number of rotatable bonds is 1. The fraction of sp³-hybridized carbons (Fsp3) is 0.333. The standard InChI is InChI=1S/C9H7BrF2/c10-6-4-5(6)9-7(11)2-1-3-8(9)12/h1-3,5-6H,4H2. The maximum atomic E-state index is 13.1. The molecule has 1 aliphatic carbocycles. The Morgan fingerprint density at radius 3 is 2.17 bits per heavy atom. The lowest BCUT2D eigenvalue weighted by molar-refractivity contribution is 0.557. The molecule has 0 radical (unpaired) electrons. The molecule has 2 unspecified atom stereocenters. The predicted octanol–water partition coefficient (Wildman–Crippen LogP) is 3.22. The van der Waals surface area contributed by atoms with Gasteiger partial charge in [0.1, 0.15) is 11.6 Å². The summed E-state index contributed by atoms with van der Waals surface area (Å²) >= 11 is 3.32. The van der Waals surface area contributed by atoms with Crippen LogP contribution in [0.4, 0.5) is 8.78 Å². The Labute approximate surface area is 77.7 Å². The van der Waals surface area contributed by atoms with E-state index in [9.17, 15) is 8.78 Å². The lowest BCUT2D eigenvalue weighted by Crippen LogP contribution is -1.93. The fourth-order valence-corrected chi connectivity index (χ4v) is 1.99. The molecule has 0 spiro atoms. The molecule has 1 saturated carbocycles. The lowest BCUT2D eigenvalue weighted by Gasteiger charge is -2.01. The quantitative estimate of drug-likeness (QED) is 0.653. The number of halogens is 3. The molecule has 0 bridgehead atoms. The topological polar surface area (TPSA) is 0 Å².